The number of hydrogen-bond donors (Lipinski definition) is 3. The van der Waals surface area contributed by atoms with Crippen LogP contribution in [0, 0.1) is 0 Å². The molecule has 1 heterocycles. The first-order valence-corrected chi connectivity index (χ1v) is 6.46. The zero-order valence-electron chi connectivity index (χ0n) is 8.88. The molecule has 0 aromatic carbocycles. The number of aliphatic hydroxyl groups excluding tert-OH is 1. The first kappa shape index (κ1) is 14.1. The fourth-order valence-corrected chi connectivity index (χ4v) is 2.07. The molecule has 5 atom stereocenters. The second-order valence-electron chi connectivity index (χ2n) is 4.17. The van der Waals surface area contributed by atoms with Gasteiger partial charge >= 0.3 is 7.60 Å². The van der Waals surface area contributed by atoms with Crippen molar-refractivity contribution in [1.82, 2.24) is 0 Å². The van der Waals surface area contributed by atoms with Gasteiger partial charge in [-0.1, -0.05) is 0 Å². The van der Waals surface area contributed by atoms with Gasteiger partial charge in [0.25, 0.3) is 0 Å². The topological polar surface area (TPSA) is 87.0 Å². The Labute approximate surface area is 92.4 Å². The predicted octanol–water partition coefficient (Wildman–Crippen LogP) is -0.703. The minimum atomic E-state index is -4.88. The first-order valence-electron chi connectivity index (χ1n) is 4.78. The Balaban J connectivity index is 2.69. The number of hydrogen-bond acceptors (Lipinski definition) is 3. The van der Waals surface area contributed by atoms with E-state index >= 15 is 0 Å². The zero-order chi connectivity index (χ0) is 12.7. The molecule has 94 valence electrons. The SMILES string of the molecule is B[C@@H]1O[C@H](CC(F)P(=O)(O)O)[C@H](O)C1(C)F. The lowest BCUT2D eigenvalue weighted by atomic mass is 9.83. The van der Waals surface area contributed by atoms with E-state index in [1.54, 1.807) is 0 Å². The lowest BCUT2D eigenvalue weighted by Crippen LogP contribution is -2.41. The Morgan fingerprint density at radius 2 is 2.12 bits per heavy atom. The molecule has 0 aliphatic carbocycles. The highest BCUT2D eigenvalue weighted by Crippen LogP contribution is 2.46. The lowest BCUT2D eigenvalue weighted by molar-refractivity contribution is 0.00636. The van der Waals surface area contributed by atoms with Gasteiger partial charge < -0.3 is 19.6 Å². The number of alkyl halides is 2. The molecule has 0 radical (unpaired) electrons. The Morgan fingerprint density at radius 1 is 1.62 bits per heavy atom. The lowest BCUT2D eigenvalue weighted by Gasteiger charge is -2.22. The van der Waals surface area contributed by atoms with Crippen molar-refractivity contribution < 1.29 is 33.0 Å². The average Bonchev–Trinajstić information content (AvgIpc) is 2.29. The quantitative estimate of drug-likeness (QED) is 0.460. The van der Waals surface area contributed by atoms with Crippen molar-refractivity contribution in [2.75, 3.05) is 0 Å². The van der Waals surface area contributed by atoms with Crippen LogP contribution in [0.3, 0.4) is 0 Å². The van der Waals surface area contributed by atoms with E-state index in [1.807, 2.05) is 0 Å². The van der Waals surface area contributed by atoms with Gasteiger partial charge in [-0.15, -0.1) is 0 Å². The van der Waals surface area contributed by atoms with E-state index in [4.69, 9.17) is 14.5 Å². The summed E-state index contributed by atoms with van der Waals surface area (Å²) in [6.07, 6.45) is -3.56. The van der Waals surface area contributed by atoms with Crippen LogP contribution in [-0.4, -0.2) is 52.5 Å². The van der Waals surface area contributed by atoms with Crippen LogP contribution in [0.5, 0.6) is 0 Å². The van der Waals surface area contributed by atoms with Gasteiger partial charge in [0.2, 0.25) is 5.91 Å². The van der Waals surface area contributed by atoms with Gasteiger partial charge in [0, 0.05) is 6.42 Å². The van der Waals surface area contributed by atoms with E-state index in [0.29, 0.717) is 0 Å². The van der Waals surface area contributed by atoms with Gasteiger partial charge in [-0.05, 0) is 6.92 Å². The summed E-state index contributed by atoms with van der Waals surface area (Å²) >= 11 is 0. The third-order valence-electron chi connectivity index (χ3n) is 2.90. The van der Waals surface area contributed by atoms with Crippen molar-refractivity contribution in [3.05, 3.63) is 0 Å². The smallest absolute Gasteiger partial charge is 0.359 e. The largest absolute Gasteiger partial charge is 0.387 e. The molecule has 1 rings (SSSR count). The fourth-order valence-electron chi connectivity index (χ4n) is 1.59. The maximum Gasteiger partial charge on any atom is 0.359 e. The van der Waals surface area contributed by atoms with Crippen LogP contribution < -0.4 is 0 Å². The van der Waals surface area contributed by atoms with Gasteiger partial charge in [-0.3, -0.25) is 4.57 Å². The second-order valence-corrected chi connectivity index (χ2v) is 5.91. The summed E-state index contributed by atoms with van der Waals surface area (Å²) in [5, 5.41) is 9.48. The van der Waals surface area contributed by atoms with E-state index in [9.17, 15) is 18.5 Å². The zero-order valence-corrected chi connectivity index (χ0v) is 9.77. The molecule has 5 nitrogen and oxygen atoms in total. The Hall–Kier alpha value is -0.00506. The summed E-state index contributed by atoms with van der Waals surface area (Å²) in [6, 6.07) is -0.948. The molecular weight excluding hydrogens is 244 g/mol. The maximum absolute atomic E-state index is 13.7. The van der Waals surface area contributed by atoms with Crippen LogP contribution in [-0.2, 0) is 9.30 Å². The normalized spacial score (nSPS) is 42.2. The average molecular weight is 258 g/mol. The van der Waals surface area contributed by atoms with Crippen molar-refractivity contribution in [2.45, 2.75) is 43.1 Å². The number of ether oxygens (including phenoxy) is 1. The van der Waals surface area contributed by atoms with Gasteiger partial charge in [0.05, 0.1) is 12.1 Å². The summed E-state index contributed by atoms with van der Waals surface area (Å²) in [5.74, 6) is -2.45. The van der Waals surface area contributed by atoms with Crippen LogP contribution in [0.15, 0.2) is 0 Å². The van der Waals surface area contributed by atoms with Crippen molar-refractivity contribution in [3.8, 4) is 0 Å². The highest BCUT2D eigenvalue weighted by Gasteiger charge is 2.52. The fraction of sp³-hybridized carbons (Fsp3) is 1.00. The molecule has 0 saturated carbocycles. The maximum atomic E-state index is 13.7. The molecule has 1 saturated heterocycles. The van der Waals surface area contributed by atoms with Crippen molar-refractivity contribution in [3.63, 3.8) is 0 Å². The molecule has 2 unspecified atom stereocenters. The molecule has 1 fully saturated rings. The van der Waals surface area contributed by atoms with E-state index in [1.165, 1.54) is 7.85 Å². The van der Waals surface area contributed by atoms with Crippen LogP contribution in [0.2, 0.25) is 0 Å². The van der Waals surface area contributed by atoms with Gasteiger partial charge in [0.1, 0.15) is 14.0 Å². The molecule has 1 aliphatic rings. The van der Waals surface area contributed by atoms with E-state index in [2.05, 4.69) is 0 Å². The molecule has 0 spiro atoms. The highest BCUT2D eigenvalue weighted by atomic mass is 31.2. The Kier molecular flexibility index (Phi) is 3.82. The van der Waals surface area contributed by atoms with Crippen LogP contribution in [0.1, 0.15) is 13.3 Å². The predicted molar refractivity (Wildman–Crippen MR) is 54.3 cm³/mol. The molecule has 0 aromatic heterocycles. The van der Waals surface area contributed by atoms with Gasteiger partial charge in [-0.2, -0.15) is 0 Å². The summed E-state index contributed by atoms with van der Waals surface area (Å²) in [5.41, 5.74) is -2.04. The Bertz CT molecular complexity index is 309. The Morgan fingerprint density at radius 3 is 2.44 bits per heavy atom. The molecule has 0 amide bonds. The summed E-state index contributed by atoms with van der Waals surface area (Å²) in [6.45, 7) is 1.10. The molecule has 0 bridgehead atoms. The van der Waals surface area contributed by atoms with Crippen LogP contribution in [0.25, 0.3) is 0 Å². The number of halogens is 2. The summed E-state index contributed by atoms with van der Waals surface area (Å²) in [4.78, 5) is 17.1. The third kappa shape index (κ3) is 2.63. The minimum absolute atomic E-state index is 0.727. The van der Waals surface area contributed by atoms with Crippen LogP contribution >= 0.6 is 7.60 Å². The molecule has 16 heavy (non-hydrogen) atoms. The minimum Gasteiger partial charge on any atom is -0.387 e. The molecular formula is C7H14BF2O5P. The van der Waals surface area contributed by atoms with Gasteiger partial charge in [0.15, 0.2) is 5.67 Å². The van der Waals surface area contributed by atoms with E-state index in [0.717, 1.165) is 6.92 Å². The second kappa shape index (κ2) is 4.35. The molecule has 0 aromatic rings. The number of aliphatic hydroxyl groups is 1. The standard InChI is InChI=1S/C7H14BF2O5P/c1-7(10)5(11)3(15-6(7)8)2-4(9)16(12,13)14/h3-6,11H,2,8H2,1H3,(H2,12,13,14)/t3-,4?,5+,6-,7?/m1/s1. The van der Waals surface area contributed by atoms with Gasteiger partial charge in [-0.25, -0.2) is 8.78 Å². The summed E-state index contributed by atoms with van der Waals surface area (Å²) in [7, 11) is -3.51. The van der Waals surface area contributed by atoms with Crippen LogP contribution in [0.4, 0.5) is 8.78 Å². The molecule has 3 N–H and O–H groups in total. The molecule has 1 aliphatic heterocycles. The highest BCUT2D eigenvalue weighted by molar-refractivity contribution is 7.52. The number of rotatable bonds is 3. The van der Waals surface area contributed by atoms with Crippen molar-refractivity contribution in [2.24, 2.45) is 0 Å². The first-order chi connectivity index (χ1) is 7.06. The van der Waals surface area contributed by atoms with Crippen molar-refractivity contribution >= 4 is 15.4 Å². The monoisotopic (exact) mass is 258 g/mol. The van der Waals surface area contributed by atoms with E-state index < -0.39 is 43.8 Å². The summed E-state index contributed by atoms with van der Waals surface area (Å²) < 4.78 is 42.2. The van der Waals surface area contributed by atoms with E-state index in [-0.39, 0.29) is 0 Å². The third-order valence-corrected chi connectivity index (χ3v) is 3.84. The molecule has 9 heteroatoms. The van der Waals surface area contributed by atoms with Crippen molar-refractivity contribution in [1.29, 1.82) is 0 Å².